The normalized spacial score (nSPS) is 10.1. The number of hydrogen-bond acceptors (Lipinski definition) is 3. The van der Waals surface area contributed by atoms with Gasteiger partial charge in [-0.3, -0.25) is 9.59 Å². The lowest BCUT2D eigenvalue weighted by Gasteiger charge is -2.11. The number of rotatable bonds is 4. The molecule has 2 aromatic carbocycles. The van der Waals surface area contributed by atoms with E-state index in [1.165, 1.54) is 32.2 Å². The third-order valence-electron chi connectivity index (χ3n) is 3.21. The summed E-state index contributed by atoms with van der Waals surface area (Å²) in [5.74, 6) is -0.768. The fourth-order valence-electron chi connectivity index (χ4n) is 2.06. The molecule has 23 heavy (non-hydrogen) atoms. The van der Waals surface area contributed by atoms with E-state index in [9.17, 15) is 14.0 Å². The molecule has 0 bridgehead atoms. The topological polar surface area (TPSA) is 67.4 Å². The number of aryl methyl sites for hydroxylation is 1. The minimum Gasteiger partial charge on any atom is -0.496 e. The number of carbonyl (C=O) groups excluding carboxylic acids is 2. The fraction of sp³-hybridized carbons (Fsp3) is 0.176. The molecule has 0 aliphatic heterocycles. The highest BCUT2D eigenvalue weighted by Gasteiger charge is 2.12. The average Bonchev–Trinajstić information content (AvgIpc) is 2.50. The van der Waals surface area contributed by atoms with Crippen molar-refractivity contribution in [1.29, 1.82) is 0 Å². The van der Waals surface area contributed by atoms with E-state index in [1.54, 1.807) is 18.2 Å². The van der Waals surface area contributed by atoms with Crippen LogP contribution in [0.3, 0.4) is 0 Å². The molecule has 0 aromatic heterocycles. The molecule has 0 radical (unpaired) electrons. The van der Waals surface area contributed by atoms with Crippen LogP contribution in [-0.4, -0.2) is 18.9 Å². The predicted molar refractivity (Wildman–Crippen MR) is 86.4 cm³/mol. The number of nitrogens with one attached hydrogen (secondary N) is 2. The summed E-state index contributed by atoms with van der Waals surface area (Å²) < 4.78 is 19.0. The maximum Gasteiger partial charge on any atom is 0.255 e. The Hall–Kier alpha value is -2.89. The second kappa shape index (κ2) is 6.91. The molecule has 0 fully saturated rings. The Kier molecular flexibility index (Phi) is 4.95. The van der Waals surface area contributed by atoms with Gasteiger partial charge in [0.15, 0.2) is 0 Å². The number of amides is 2. The van der Waals surface area contributed by atoms with Crippen molar-refractivity contribution in [2.24, 2.45) is 0 Å². The van der Waals surface area contributed by atoms with Crippen molar-refractivity contribution in [2.75, 3.05) is 17.7 Å². The Bertz CT molecular complexity index is 759. The summed E-state index contributed by atoms with van der Waals surface area (Å²) in [6.07, 6.45) is 0. The van der Waals surface area contributed by atoms with Crippen LogP contribution in [0.15, 0.2) is 36.4 Å². The second-order valence-electron chi connectivity index (χ2n) is 5.01. The maximum atomic E-state index is 13.8. The lowest BCUT2D eigenvalue weighted by atomic mass is 10.1. The van der Waals surface area contributed by atoms with E-state index in [0.717, 1.165) is 5.56 Å². The minimum absolute atomic E-state index is 0.0132. The van der Waals surface area contributed by atoms with Crippen molar-refractivity contribution in [2.45, 2.75) is 13.8 Å². The van der Waals surface area contributed by atoms with E-state index in [-0.39, 0.29) is 11.6 Å². The first kappa shape index (κ1) is 16.5. The van der Waals surface area contributed by atoms with Gasteiger partial charge in [0.25, 0.3) is 5.91 Å². The van der Waals surface area contributed by atoms with Crippen LogP contribution in [-0.2, 0) is 4.79 Å². The van der Waals surface area contributed by atoms with E-state index in [0.29, 0.717) is 17.0 Å². The molecular weight excluding hydrogens is 299 g/mol. The van der Waals surface area contributed by atoms with Crippen molar-refractivity contribution in [1.82, 2.24) is 0 Å². The van der Waals surface area contributed by atoms with Gasteiger partial charge in [-0.25, -0.2) is 4.39 Å². The lowest BCUT2D eigenvalue weighted by molar-refractivity contribution is -0.114. The van der Waals surface area contributed by atoms with Crippen molar-refractivity contribution in [3.8, 4) is 5.75 Å². The summed E-state index contributed by atoms with van der Waals surface area (Å²) in [4.78, 5) is 23.3. The van der Waals surface area contributed by atoms with Gasteiger partial charge in [-0.15, -0.1) is 0 Å². The molecule has 2 amide bonds. The monoisotopic (exact) mass is 316 g/mol. The van der Waals surface area contributed by atoms with Crippen LogP contribution in [0.25, 0.3) is 0 Å². The van der Waals surface area contributed by atoms with Gasteiger partial charge in [-0.2, -0.15) is 0 Å². The summed E-state index contributed by atoms with van der Waals surface area (Å²) in [7, 11) is 1.51. The number of methoxy groups -OCH3 is 1. The first-order valence-corrected chi connectivity index (χ1v) is 6.94. The predicted octanol–water partition coefficient (Wildman–Crippen LogP) is 3.35. The molecule has 0 spiro atoms. The zero-order valence-corrected chi connectivity index (χ0v) is 13.1. The molecule has 0 heterocycles. The number of hydrogen-bond donors (Lipinski definition) is 2. The average molecular weight is 316 g/mol. The summed E-state index contributed by atoms with van der Waals surface area (Å²) in [5.41, 5.74) is 1.62. The van der Waals surface area contributed by atoms with E-state index < -0.39 is 11.7 Å². The number of halogens is 1. The Labute approximate surface area is 133 Å². The quantitative estimate of drug-likeness (QED) is 0.909. The zero-order chi connectivity index (χ0) is 17.0. The molecule has 2 N–H and O–H groups in total. The lowest BCUT2D eigenvalue weighted by Crippen LogP contribution is -2.14. The molecule has 2 rings (SSSR count). The smallest absolute Gasteiger partial charge is 0.255 e. The van der Waals surface area contributed by atoms with Gasteiger partial charge in [0.05, 0.1) is 12.8 Å². The van der Waals surface area contributed by atoms with Crippen LogP contribution in [0.5, 0.6) is 5.75 Å². The van der Waals surface area contributed by atoms with Gasteiger partial charge in [0.1, 0.15) is 11.6 Å². The van der Waals surface area contributed by atoms with Gasteiger partial charge in [0.2, 0.25) is 5.91 Å². The van der Waals surface area contributed by atoms with Crippen LogP contribution in [0.2, 0.25) is 0 Å². The molecule has 0 unspecified atom stereocenters. The number of anilines is 2. The molecule has 0 saturated heterocycles. The molecule has 0 aliphatic rings. The standard InChI is InChI=1S/C17H17FN2O3/c1-10-4-5-12(8-16(10)23-3)17(22)20-15-9-13(19-11(2)21)6-7-14(15)18/h4-9H,1-3H3,(H,19,21)(H,20,22). The van der Waals surface area contributed by atoms with Gasteiger partial charge in [0, 0.05) is 18.2 Å². The Morgan fingerprint density at radius 1 is 1.09 bits per heavy atom. The summed E-state index contributed by atoms with van der Waals surface area (Å²) in [6, 6.07) is 8.92. The maximum absolute atomic E-state index is 13.8. The van der Waals surface area contributed by atoms with Gasteiger partial charge < -0.3 is 15.4 Å². The van der Waals surface area contributed by atoms with E-state index in [1.807, 2.05) is 6.92 Å². The van der Waals surface area contributed by atoms with Crippen molar-refractivity contribution >= 4 is 23.2 Å². The fourth-order valence-corrected chi connectivity index (χ4v) is 2.06. The second-order valence-corrected chi connectivity index (χ2v) is 5.01. The highest BCUT2D eigenvalue weighted by Crippen LogP contribution is 2.23. The molecule has 120 valence electrons. The van der Waals surface area contributed by atoms with Crippen LogP contribution in [0.4, 0.5) is 15.8 Å². The van der Waals surface area contributed by atoms with Gasteiger partial charge in [-0.1, -0.05) is 6.07 Å². The Morgan fingerprint density at radius 2 is 1.83 bits per heavy atom. The molecule has 0 aliphatic carbocycles. The van der Waals surface area contributed by atoms with Gasteiger partial charge in [-0.05, 0) is 42.8 Å². The Morgan fingerprint density at radius 3 is 2.48 bits per heavy atom. The third kappa shape index (κ3) is 4.06. The largest absolute Gasteiger partial charge is 0.496 e. The molecule has 2 aromatic rings. The van der Waals surface area contributed by atoms with Crippen molar-refractivity contribution < 1.29 is 18.7 Å². The highest BCUT2D eigenvalue weighted by atomic mass is 19.1. The third-order valence-corrected chi connectivity index (χ3v) is 3.21. The number of ether oxygens (including phenoxy) is 1. The van der Waals surface area contributed by atoms with E-state index in [2.05, 4.69) is 10.6 Å². The SMILES string of the molecule is COc1cc(C(=O)Nc2cc(NC(C)=O)ccc2F)ccc1C. The van der Waals surface area contributed by atoms with Crippen LogP contribution < -0.4 is 15.4 Å². The highest BCUT2D eigenvalue weighted by molar-refractivity contribution is 6.05. The van der Waals surface area contributed by atoms with Crippen molar-refractivity contribution in [3.05, 3.63) is 53.3 Å². The molecule has 6 heteroatoms. The zero-order valence-electron chi connectivity index (χ0n) is 13.1. The molecule has 0 saturated carbocycles. The molecule has 5 nitrogen and oxygen atoms in total. The molecular formula is C17H17FN2O3. The molecule has 0 atom stereocenters. The number of carbonyl (C=O) groups is 2. The first-order valence-electron chi connectivity index (χ1n) is 6.94. The van der Waals surface area contributed by atoms with Crippen LogP contribution in [0, 0.1) is 12.7 Å². The summed E-state index contributed by atoms with van der Waals surface area (Å²) in [6.45, 7) is 3.21. The van der Waals surface area contributed by atoms with Crippen LogP contribution in [0.1, 0.15) is 22.8 Å². The first-order chi connectivity index (χ1) is 10.9. The van der Waals surface area contributed by atoms with Crippen LogP contribution >= 0.6 is 0 Å². The van der Waals surface area contributed by atoms with E-state index in [4.69, 9.17) is 4.74 Å². The summed E-state index contributed by atoms with van der Waals surface area (Å²) >= 11 is 0. The minimum atomic E-state index is -0.591. The van der Waals surface area contributed by atoms with Crippen molar-refractivity contribution in [3.63, 3.8) is 0 Å². The Balaban J connectivity index is 2.24. The summed E-state index contributed by atoms with van der Waals surface area (Å²) in [5, 5.41) is 5.02. The van der Waals surface area contributed by atoms with E-state index >= 15 is 0 Å². The number of benzene rings is 2. The van der Waals surface area contributed by atoms with Gasteiger partial charge >= 0.3 is 0 Å².